The Labute approximate surface area is 103 Å². The SMILES string of the molecule is N=Cc1ccc(Br)nc1NC1CCCCO1. The zero-order valence-corrected chi connectivity index (χ0v) is 10.5. The molecular formula is C11H14BrN3O. The third-order valence-electron chi connectivity index (χ3n) is 2.53. The molecule has 0 radical (unpaired) electrons. The maximum absolute atomic E-state index is 7.31. The molecular weight excluding hydrogens is 270 g/mol. The number of hydrogen-bond acceptors (Lipinski definition) is 4. The van der Waals surface area contributed by atoms with Crippen molar-refractivity contribution in [2.45, 2.75) is 25.5 Å². The number of hydrogen-bond donors (Lipinski definition) is 2. The van der Waals surface area contributed by atoms with Gasteiger partial charge in [-0.05, 0) is 47.3 Å². The lowest BCUT2D eigenvalue weighted by molar-refractivity contribution is 0.0341. The first-order chi connectivity index (χ1) is 7.79. The van der Waals surface area contributed by atoms with Gasteiger partial charge >= 0.3 is 0 Å². The van der Waals surface area contributed by atoms with E-state index in [1.165, 1.54) is 12.6 Å². The Morgan fingerprint density at radius 3 is 3.06 bits per heavy atom. The highest BCUT2D eigenvalue weighted by Crippen LogP contribution is 2.19. The van der Waals surface area contributed by atoms with Crippen molar-refractivity contribution < 1.29 is 4.74 Å². The number of nitrogens with one attached hydrogen (secondary N) is 2. The second-order valence-corrected chi connectivity index (χ2v) is 4.53. The van der Waals surface area contributed by atoms with Gasteiger partial charge in [0.2, 0.25) is 0 Å². The van der Waals surface area contributed by atoms with Crippen molar-refractivity contribution in [2.75, 3.05) is 11.9 Å². The number of rotatable bonds is 3. The van der Waals surface area contributed by atoms with Gasteiger partial charge in [-0.25, -0.2) is 4.98 Å². The predicted octanol–water partition coefficient (Wildman–Crippen LogP) is 2.78. The summed E-state index contributed by atoms with van der Waals surface area (Å²) in [6, 6.07) is 3.68. The van der Waals surface area contributed by atoms with E-state index in [2.05, 4.69) is 26.2 Å². The van der Waals surface area contributed by atoms with Crippen molar-refractivity contribution in [3.63, 3.8) is 0 Å². The molecule has 1 fully saturated rings. The Morgan fingerprint density at radius 1 is 1.50 bits per heavy atom. The number of pyridine rings is 1. The van der Waals surface area contributed by atoms with Crippen molar-refractivity contribution in [3.8, 4) is 0 Å². The lowest BCUT2D eigenvalue weighted by Crippen LogP contribution is -2.28. The average molecular weight is 284 g/mol. The molecule has 1 aromatic rings. The van der Waals surface area contributed by atoms with Crippen LogP contribution in [-0.4, -0.2) is 24.0 Å². The number of nitrogens with zero attached hydrogens (tertiary/aromatic N) is 1. The van der Waals surface area contributed by atoms with Crippen LogP contribution in [0.1, 0.15) is 24.8 Å². The van der Waals surface area contributed by atoms with Gasteiger partial charge in [-0.1, -0.05) is 0 Å². The molecule has 2 heterocycles. The molecule has 0 amide bonds. The summed E-state index contributed by atoms with van der Waals surface area (Å²) in [6.45, 7) is 0.797. The molecule has 0 bridgehead atoms. The fourth-order valence-electron chi connectivity index (χ4n) is 1.69. The highest BCUT2D eigenvalue weighted by atomic mass is 79.9. The summed E-state index contributed by atoms with van der Waals surface area (Å²) in [5.74, 6) is 0.705. The Hall–Kier alpha value is -0.940. The van der Waals surface area contributed by atoms with E-state index in [9.17, 15) is 0 Å². The zero-order chi connectivity index (χ0) is 11.4. The van der Waals surface area contributed by atoms with Crippen molar-refractivity contribution in [3.05, 3.63) is 22.3 Å². The Bertz CT molecular complexity index is 377. The molecule has 16 heavy (non-hydrogen) atoms. The van der Waals surface area contributed by atoms with Crippen molar-refractivity contribution in [1.82, 2.24) is 4.98 Å². The molecule has 0 spiro atoms. The fraction of sp³-hybridized carbons (Fsp3) is 0.455. The maximum Gasteiger partial charge on any atom is 0.138 e. The van der Waals surface area contributed by atoms with Gasteiger partial charge in [0, 0.05) is 18.4 Å². The number of ether oxygens (including phenoxy) is 1. The standard InChI is InChI=1S/C11H14BrN3O/c12-9-5-4-8(7-13)11(14-9)15-10-3-1-2-6-16-10/h4-5,7,10,13H,1-3,6H2,(H,14,15). The minimum Gasteiger partial charge on any atom is -0.359 e. The first-order valence-electron chi connectivity index (χ1n) is 5.35. The summed E-state index contributed by atoms with van der Waals surface area (Å²) < 4.78 is 6.34. The van der Waals surface area contributed by atoms with E-state index in [1.807, 2.05) is 12.1 Å². The van der Waals surface area contributed by atoms with E-state index in [0.717, 1.165) is 29.6 Å². The second-order valence-electron chi connectivity index (χ2n) is 3.72. The average Bonchev–Trinajstić information content (AvgIpc) is 2.31. The molecule has 86 valence electrons. The van der Waals surface area contributed by atoms with Gasteiger partial charge in [0.1, 0.15) is 16.6 Å². The van der Waals surface area contributed by atoms with Crippen LogP contribution < -0.4 is 5.32 Å². The Balaban J connectivity index is 2.12. The van der Waals surface area contributed by atoms with Crippen LogP contribution in [0.3, 0.4) is 0 Å². The van der Waals surface area contributed by atoms with Gasteiger partial charge in [-0.15, -0.1) is 0 Å². The van der Waals surface area contributed by atoms with Crippen LogP contribution in [0.5, 0.6) is 0 Å². The molecule has 1 saturated heterocycles. The van der Waals surface area contributed by atoms with E-state index in [0.29, 0.717) is 5.82 Å². The number of aromatic nitrogens is 1. The molecule has 1 aliphatic heterocycles. The van der Waals surface area contributed by atoms with E-state index < -0.39 is 0 Å². The van der Waals surface area contributed by atoms with Gasteiger partial charge in [0.15, 0.2) is 0 Å². The minimum absolute atomic E-state index is 0.0225. The van der Waals surface area contributed by atoms with E-state index in [1.54, 1.807) is 0 Å². The van der Waals surface area contributed by atoms with Gasteiger partial charge in [-0.2, -0.15) is 0 Å². The highest BCUT2D eigenvalue weighted by molar-refractivity contribution is 9.10. The minimum atomic E-state index is 0.0225. The summed E-state index contributed by atoms with van der Waals surface area (Å²) in [5.41, 5.74) is 0.775. The van der Waals surface area contributed by atoms with Crippen molar-refractivity contribution in [1.29, 1.82) is 5.41 Å². The third-order valence-corrected chi connectivity index (χ3v) is 2.97. The molecule has 2 rings (SSSR count). The van der Waals surface area contributed by atoms with E-state index in [-0.39, 0.29) is 6.23 Å². The normalized spacial score (nSPS) is 20.4. The summed E-state index contributed by atoms with van der Waals surface area (Å²) in [6.07, 6.45) is 4.61. The lowest BCUT2D eigenvalue weighted by atomic mass is 10.2. The lowest BCUT2D eigenvalue weighted by Gasteiger charge is -2.24. The van der Waals surface area contributed by atoms with Crippen LogP contribution >= 0.6 is 15.9 Å². The molecule has 1 atom stereocenters. The highest BCUT2D eigenvalue weighted by Gasteiger charge is 2.15. The molecule has 5 heteroatoms. The topological polar surface area (TPSA) is 58.0 Å². The Morgan fingerprint density at radius 2 is 2.38 bits per heavy atom. The molecule has 1 aliphatic rings. The first-order valence-corrected chi connectivity index (χ1v) is 6.14. The van der Waals surface area contributed by atoms with Gasteiger partial charge < -0.3 is 15.5 Å². The smallest absolute Gasteiger partial charge is 0.138 e. The van der Waals surface area contributed by atoms with E-state index in [4.69, 9.17) is 10.1 Å². The molecule has 0 aliphatic carbocycles. The van der Waals surface area contributed by atoms with Crippen LogP contribution in [0.4, 0.5) is 5.82 Å². The summed E-state index contributed by atoms with van der Waals surface area (Å²) >= 11 is 3.32. The number of anilines is 1. The molecule has 2 N–H and O–H groups in total. The van der Waals surface area contributed by atoms with Crippen LogP contribution in [0.2, 0.25) is 0 Å². The molecule has 1 aromatic heterocycles. The summed E-state index contributed by atoms with van der Waals surface area (Å²) in [7, 11) is 0. The quantitative estimate of drug-likeness (QED) is 0.663. The number of halogens is 1. The molecule has 1 unspecified atom stereocenters. The van der Waals surface area contributed by atoms with Crippen molar-refractivity contribution in [2.24, 2.45) is 0 Å². The van der Waals surface area contributed by atoms with Gasteiger partial charge in [0.05, 0.1) is 0 Å². The molecule has 0 aromatic carbocycles. The monoisotopic (exact) mass is 283 g/mol. The fourth-order valence-corrected chi connectivity index (χ4v) is 1.99. The van der Waals surface area contributed by atoms with Crippen LogP contribution in [-0.2, 0) is 4.74 Å². The molecule has 4 nitrogen and oxygen atoms in total. The van der Waals surface area contributed by atoms with Crippen LogP contribution in [0, 0.1) is 5.41 Å². The van der Waals surface area contributed by atoms with Crippen molar-refractivity contribution >= 4 is 28.0 Å². The zero-order valence-electron chi connectivity index (χ0n) is 8.87. The van der Waals surface area contributed by atoms with Gasteiger partial charge in [0.25, 0.3) is 0 Å². The van der Waals surface area contributed by atoms with Crippen LogP contribution in [0.15, 0.2) is 16.7 Å². The third kappa shape index (κ3) is 2.80. The Kier molecular flexibility index (Phi) is 3.90. The van der Waals surface area contributed by atoms with E-state index >= 15 is 0 Å². The van der Waals surface area contributed by atoms with Crippen LogP contribution in [0.25, 0.3) is 0 Å². The predicted molar refractivity (Wildman–Crippen MR) is 67.0 cm³/mol. The second kappa shape index (κ2) is 5.41. The first kappa shape index (κ1) is 11.5. The summed E-state index contributed by atoms with van der Waals surface area (Å²) in [4.78, 5) is 4.31. The summed E-state index contributed by atoms with van der Waals surface area (Å²) in [5, 5.41) is 10.5. The largest absolute Gasteiger partial charge is 0.359 e. The maximum atomic E-state index is 7.31. The van der Waals surface area contributed by atoms with Gasteiger partial charge in [-0.3, -0.25) is 0 Å². The molecule has 0 saturated carbocycles.